The molecule has 0 spiro atoms. The molecular formula is C29H28O2. The first kappa shape index (κ1) is 20.0. The van der Waals surface area contributed by atoms with Crippen LogP contribution in [0.25, 0.3) is 33.0 Å². The molecule has 0 atom stereocenters. The standard InChI is InChI=1S/C29H28O2/c30-18-6-16-29(17-7-19-31)26-12-4-3-10-25(26)28-24(11-5-13-27(28)29)23-15-14-21-8-1-2-9-22(21)20-23/h1-5,8-15,20,30-31H,6-7,16-19H2. The van der Waals surface area contributed by atoms with Gasteiger partial charge in [0, 0.05) is 18.6 Å². The highest BCUT2D eigenvalue weighted by molar-refractivity contribution is 5.95. The van der Waals surface area contributed by atoms with E-state index in [9.17, 15) is 10.2 Å². The first-order valence-corrected chi connectivity index (χ1v) is 11.2. The van der Waals surface area contributed by atoms with Gasteiger partial charge >= 0.3 is 0 Å². The predicted molar refractivity (Wildman–Crippen MR) is 128 cm³/mol. The Hall–Kier alpha value is -2.94. The second kappa shape index (κ2) is 8.30. The van der Waals surface area contributed by atoms with E-state index in [2.05, 4.69) is 84.9 Å². The molecule has 0 fully saturated rings. The highest BCUT2D eigenvalue weighted by Crippen LogP contribution is 2.56. The van der Waals surface area contributed by atoms with Gasteiger partial charge in [0.25, 0.3) is 0 Å². The van der Waals surface area contributed by atoms with Gasteiger partial charge in [0.15, 0.2) is 0 Å². The summed E-state index contributed by atoms with van der Waals surface area (Å²) in [6.07, 6.45) is 3.27. The Balaban J connectivity index is 1.75. The van der Waals surface area contributed by atoms with E-state index in [-0.39, 0.29) is 18.6 Å². The van der Waals surface area contributed by atoms with Crippen LogP contribution < -0.4 is 0 Å². The van der Waals surface area contributed by atoms with Crippen LogP contribution >= 0.6 is 0 Å². The average Bonchev–Trinajstić information content (AvgIpc) is 3.11. The van der Waals surface area contributed by atoms with E-state index in [4.69, 9.17) is 0 Å². The quantitative estimate of drug-likeness (QED) is 0.376. The topological polar surface area (TPSA) is 40.5 Å². The van der Waals surface area contributed by atoms with Gasteiger partial charge in [0.1, 0.15) is 0 Å². The van der Waals surface area contributed by atoms with Gasteiger partial charge in [-0.2, -0.15) is 0 Å². The van der Waals surface area contributed by atoms with Crippen molar-refractivity contribution in [3.63, 3.8) is 0 Å². The lowest BCUT2D eigenvalue weighted by Crippen LogP contribution is -2.26. The third-order valence-electron chi connectivity index (χ3n) is 6.88. The molecule has 0 radical (unpaired) electrons. The van der Waals surface area contributed by atoms with Crippen LogP contribution in [0.2, 0.25) is 0 Å². The van der Waals surface area contributed by atoms with Crippen molar-refractivity contribution in [1.29, 1.82) is 0 Å². The molecule has 0 amide bonds. The van der Waals surface area contributed by atoms with Crippen LogP contribution in [0.1, 0.15) is 36.8 Å². The number of fused-ring (bicyclic) bond motifs is 4. The van der Waals surface area contributed by atoms with Gasteiger partial charge in [-0.3, -0.25) is 0 Å². The highest BCUT2D eigenvalue weighted by atomic mass is 16.3. The fourth-order valence-electron chi connectivity index (χ4n) is 5.53. The second-order valence-electron chi connectivity index (χ2n) is 8.57. The van der Waals surface area contributed by atoms with E-state index >= 15 is 0 Å². The van der Waals surface area contributed by atoms with Crippen molar-refractivity contribution in [2.75, 3.05) is 13.2 Å². The van der Waals surface area contributed by atoms with Crippen molar-refractivity contribution in [2.24, 2.45) is 0 Å². The molecule has 1 aliphatic rings. The summed E-state index contributed by atoms with van der Waals surface area (Å²) in [5.41, 5.74) is 7.59. The van der Waals surface area contributed by atoms with Crippen LogP contribution in [0.3, 0.4) is 0 Å². The van der Waals surface area contributed by atoms with Crippen LogP contribution in [-0.2, 0) is 5.41 Å². The van der Waals surface area contributed by atoms with E-state index in [0.29, 0.717) is 0 Å². The Bertz CT molecular complexity index is 1220. The van der Waals surface area contributed by atoms with Crippen molar-refractivity contribution in [3.05, 3.63) is 96.1 Å². The van der Waals surface area contributed by atoms with Gasteiger partial charge in [-0.05, 0) is 75.9 Å². The highest BCUT2D eigenvalue weighted by Gasteiger charge is 2.42. The molecule has 5 rings (SSSR count). The van der Waals surface area contributed by atoms with Crippen molar-refractivity contribution in [2.45, 2.75) is 31.1 Å². The van der Waals surface area contributed by atoms with Gasteiger partial charge in [0.05, 0.1) is 0 Å². The van der Waals surface area contributed by atoms with E-state index < -0.39 is 0 Å². The zero-order chi connectivity index (χ0) is 21.3. The molecule has 1 aliphatic carbocycles. The smallest absolute Gasteiger partial charge is 0.0431 e. The lowest BCUT2D eigenvalue weighted by Gasteiger charge is -2.32. The fraction of sp³-hybridized carbons (Fsp3) is 0.241. The van der Waals surface area contributed by atoms with Gasteiger partial charge in [-0.15, -0.1) is 0 Å². The van der Waals surface area contributed by atoms with Crippen molar-refractivity contribution >= 4 is 10.8 Å². The van der Waals surface area contributed by atoms with Crippen molar-refractivity contribution in [3.8, 4) is 22.3 Å². The summed E-state index contributed by atoms with van der Waals surface area (Å²) < 4.78 is 0. The van der Waals surface area contributed by atoms with Gasteiger partial charge in [-0.25, -0.2) is 0 Å². The molecule has 4 aromatic rings. The first-order chi connectivity index (χ1) is 15.3. The number of aliphatic hydroxyl groups is 2. The normalized spacial score (nSPS) is 13.9. The Labute approximate surface area is 183 Å². The lowest BCUT2D eigenvalue weighted by atomic mass is 9.71. The Morgan fingerprint density at radius 2 is 1.23 bits per heavy atom. The molecule has 2 heteroatoms. The lowest BCUT2D eigenvalue weighted by molar-refractivity contribution is 0.247. The predicted octanol–water partition coefficient (Wildman–Crippen LogP) is 6.32. The number of benzene rings is 4. The van der Waals surface area contributed by atoms with Crippen LogP contribution in [0, 0.1) is 0 Å². The second-order valence-corrected chi connectivity index (χ2v) is 8.57. The summed E-state index contributed by atoms with van der Waals surface area (Å²) in [6, 6.07) is 30.6. The summed E-state index contributed by atoms with van der Waals surface area (Å²) in [7, 11) is 0. The molecule has 0 heterocycles. The van der Waals surface area contributed by atoms with Crippen LogP contribution in [0.15, 0.2) is 84.9 Å². The van der Waals surface area contributed by atoms with E-state index in [1.54, 1.807) is 0 Å². The number of hydrogen-bond acceptors (Lipinski definition) is 2. The maximum Gasteiger partial charge on any atom is 0.0431 e. The molecule has 4 aromatic carbocycles. The van der Waals surface area contributed by atoms with Crippen LogP contribution in [-0.4, -0.2) is 23.4 Å². The molecule has 156 valence electrons. The molecule has 2 N–H and O–H groups in total. The molecular weight excluding hydrogens is 380 g/mol. The number of aliphatic hydroxyl groups excluding tert-OH is 2. The largest absolute Gasteiger partial charge is 0.396 e. The Kier molecular flexibility index (Phi) is 5.35. The zero-order valence-corrected chi connectivity index (χ0v) is 17.7. The third-order valence-corrected chi connectivity index (χ3v) is 6.88. The van der Waals surface area contributed by atoms with Gasteiger partial charge in [0.2, 0.25) is 0 Å². The molecule has 2 nitrogen and oxygen atoms in total. The summed E-state index contributed by atoms with van der Waals surface area (Å²) >= 11 is 0. The maximum absolute atomic E-state index is 9.65. The van der Waals surface area contributed by atoms with Crippen molar-refractivity contribution < 1.29 is 10.2 Å². The van der Waals surface area contributed by atoms with Gasteiger partial charge in [-0.1, -0.05) is 78.9 Å². The average molecular weight is 409 g/mol. The first-order valence-electron chi connectivity index (χ1n) is 11.2. The van der Waals surface area contributed by atoms with E-state index in [0.717, 1.165) is 25.7 Å². The van der Waals surface area contributed by atoms with Crippen LogP contribution in [0.5, 0.6) is 0 Å². The van der Waals surface area contributed by atoms with E-state index in [1.807, 2.05) is 0 Å². The SMILES string of the molecule is OCCCC1(CCCO)c2ccccc2-c2c(-c3ccc4ccccc4c3)cccc21. The van der Waals surface area contributed by atoms with Crippen LogP contribution in [0.4, 0.5) is 0 Å². The Morgan fingerprint density at radius 1 is 0.581 bits per heavy atom. The van der Waals surface area contributed by atoms with E-state index in [1.165, 1.54) is 44.2 Å². The Morgan fingerprint density at radius 3 is 2.00 bits per heavy atom. The number of hydrogen-bond donors (Lipinski definition) is 2. The van der Waals surface area contributed by atoms with Gasteiger partial charge < -0.3 is 10.2 Å². The fourth-order valence-corrected chi connectivity index (χ4v) is 5.53. The minimum Gasteiger partial charge on any atom is -0.396 e. The summed E-state index contributed by atoms with van der Waals surface area (Å²) in [4.78, 5) is 0. The minimum atomic E-state index is -0.162. The summed E-state index contributed by atoms with van der Waals surface area (Å²) in [6.45, 7) is 0.367. The zero-order valence-electron chi connectivity index (χ0n) is 17.7. The molecule has 0 bridgehead atoms. The molecule has 0 aliphatic heterocycles. The third kappa shape index (κ3) is 3.27. The molecule has 0 aromatic heterocycles. The molecule has 0 unspecified atom stereocenters. The van der Waals surface area contributed by atoms with Crippen molar-refractivity contribution in [1.82, 2.24) is 0 Å². The molecule has 0 saturated carbocycles. The molecule has 31 heavy (non-hydrogen) atoms. The number of rotatable bonds is 7. The molecule has 0 saturated heterocycles. The minimum absolute atomic E-state index is 0.162. The summed E-state index contributed by atoms with van der Waals surface area (Å²) in [5, 5.41) is 21.8. The maximum atomic E-state index is 9.65. The monoisotopic (exact) mass is 408 g/mol. The summed E-state index contributed by atoms with van der Waals surface area (Å²) in [5.74, 6) is 0.